The smallest absolute Gasteiger partial charge is 0.228 e. The highest BCUT2D eigenvalue weighted by Crippen LogP contribution is 2.29. The molecule has 1 amide bonds. The number of carbonyl (C=O) groups excluding carboxylic acids is 1. The second-order valence-electron chi connectivity index (χ2n) is 6.17. The van der Waals surface area contributed by atoms with E-state index in [1.807, 2.05) is 0 Å². The first-order chi connectivity index (χ1) is 12.7. The Balaban J connectivity index is 2.46. The first-order valence-corrected chi connectivity index (χ1v) is 10.5. The Morgan fingerprint density at radius 3 is 2.26 bits per heavy atom. The van der Waals surface area contributed by atoms with E-state index in [1.54, 1.807) is 0 Å². The maximum absolute atomic E-state index is 12.9. The second-order valence-corrected chi connectivity index (χ2v) is 8.94. The molecular formula is C18H25Cl3FN3OS. The second kappa shape index (κ2) is 12.6. The highest BCUT2D eigenvalue weighted by molar-refractivity contribution is 7.80. The zero-order valence-corrected chi connectivity index (χ0v) is 18.2. The summed E-state index contributed by atoms with van der Waals surface area (Å²) >= 11 is 23.0. The minimum absolute atomic E-state index is 0.137. The molecule has 3 N–H and O–H groups in total. The normalized spacial score (nSPS) is 12.3. The largest absolute Gasteiger partial charge is 0.339 e. The molecule has 1 atom stereocenters. The van der Waals surface area contributed by atoms with Crippen LogP contribution in [-0.4, -0.2) is 21.0 Å². The Morgan fingerprint density at radius 1 is 1.07 bits per heavy atom. The fourth-order valence-electron chi connectivity index (χ4n) is 2.33. The summed E-state index contributed by atoms with van der Waals surface area (Å²) in [5, 5.41) is 8.40. The third-order valence-corrected chi connectivity index (χ3v) is 4.64. The monoisotopic (exact) mass is 455 g/mol. The van der Waals surface area contributed by atoms with Gasteiger partial charge in [0.25, 0.3) is 0 Å². The van der Waals surface area contributed by atoms with Crippen molar-refractivity contribution in [3.63, 3.8) is 0 Å². The number of amides is 1. The molecular weight excluding hydrogens is 432 g/mol. The fourth-order valence-corrected chi connectivity index (χ4v) is 2.89. The van der Waals surface area contributed by atoms with Crippen LogP contribution in [0.2, 0.25) is 0 Å². The third-order valence-electron chi connectivity index (χ3n) is 3.77. The average molecular weight is 457 g/mol. The van der Waals surface area contributed by atoms with Crippen LogP contribution < -0.4 is 16.0 Å². The first kappa shape index (κ1) is 24.2. The van der Waals surface area contributed by atoms with Gasteiger partial charge < -0.3 is 16.0 Å². The van der Waals surface area contributed by atoms with Crippen molar-refractivity contribution in [2.75, 3.05) is 5.32 Å². The van der Waals surface area contributed by atoms with E-state index in [2.05, 4.69) is 22.9 Å². The Morgan fingerprint density at radius 2 is 1.67 bits per heavy atom. The molecule has 0 fully saturated rings. The van der Waals surface area contributed by atoms with E-state index in [0.29, 0.717) is 12.1 Å². The molecule has 0 aliphatic carbocycles. The summed E-state index contributed by atoms with van der Waals surface area (Å²) in [6, 6.07) is 5.62. The molecule has 152 valence electrons. The van der Waals surface area contributed by atoms with E-state index in [9.17, 15) is 9.18 Å². The number of hydrogen-bond acceptors (Lipinski definition) is 2. The van der Waals surface area contributed by atoms with E-state index in [-0.39, 0.29) is 16.8 Å². The van der Waals surface area contributed by atoms with Gasteiger partial charge in [0.15, 0.2) is 5.11 Å². The van der Waals surface area contributed by atoms with Crippen molar-refractivity contribution in [1.82, 2.24) is 10.6 Å². The van der Waals surface area contributed by atoms with Crippen molar-refractivity contribution in [3.8, 4) is 0 Å². The minimum Gasteiger partial charge on any atom is -0.339 e. The molecule has 0 bridgehead atoms. The first-order valence-electron chi connectivity index (χ1n) is 8.91. The van der Waals surface area contributed by atoms with Crippen LogP contribution >= 0.6 is 47.0 Å². The highest BCUT2D eigenvalue weighted by Gasteiger charge is 2.34. The topological polar surface area (TPSA) is 53.2 Å². The molecule has 0 aliphatic rings. The number of hydrogen-bond donors (Lipinski definition) is 3. The summed E-state index contributed by atoms with van der Waals surface area (Å²) in [5.41, 5.74) is 0.565. The van der Waals surface area contributed by atoms with Gasteiger partial charge in [-0.3, -0.25) is 4.79 Å². The van der Waals surface area contributed by atoms with Crippen molar-refractivity contribution in [2.45, 2.75) is 61.8 Å². The van der Waals surface area contributed by atoms with Gasteiger partial charge in [-0.25, -0.2) is 4.39 Å². The molecule has 1 rings (SSSR count). The lowest BCUT2D eigenvalue weighted by Crippen LogP contribution is -2.56. The molecule has 0 aliphatic heterocycles. The molecule has 0 saturated carbocycles. The van der Waals surface area contributed by atoms with Gasteiger partial charge in [0.1, 0.15) is 12.0 Å². The molecule has 0 saturated heterocycles. The third kappa shape index (κ3) is 10.9. The Hall–Kier alpha value is -0.820. The van der Waals surface area contributed by atoms with E-state index < -0.39 is 9.96 Å². The molecule has 1 aromatic rings. The molecule has 1 unspecified atom stereocenters. The van der Waals surface area contributed by atoms with Crippen LogP contribution in [0.4, 0.5) is 10.1 Å². The Kier molecular flexibility index (Phi) is 11.3. The van der Waals surface area contributed by atoms with Gasteiger partial charge in [0, 0.05) is 12.1 Å². The molecule has 0 aromatic heterocycles. The number of carbonyl (C=O) groups is 1. The maximum atomic E-state index is 12.9. The van der Waals surface area contributed by atoms with Gasteiger partial charge in [0.05, 0.1) is 0 Å². The van der Waals surface area contributed by atoms with Gasteiger partial charge >= 0.3 is 0 Å². The highest BCUT2D eigenvalue weighted by atomic mass is 35.6. The minimum atomic E-state index is -1.80. The zero-order chi connectivity index (χ0) is 20.3. The molecule has 1 aromatic carbocycles. The molecule has 9 heteroatoms. The fraction of sp³-hybridized carbons (Fsp3) is 0.556. The number of alkyl halides is 3. The molecule has 4 nitrogen and oxygen atoms in total. The van der Waals surface area contributed by atoms with E-state index >= 15 is 0 Å². The van der Waals surface area contributed by atoms with E-state index in [1.165, 1.54) is 43.5 Å². The summed E-state index contributed by atoms with van der Waals surface area (Å²) in [6.45, 7) is 2.16. The van der Waals surface area contributed by atoms with Crippen LogP contribution in [0, 0.1) is 5.82 Å². The van der Waals surface area contributed by atoms with Crippen LogP contribution in [-0.2, 0) is 4.79 Å². The van der Waals surface area contributed by atoms with E-state index in [0.717, 1.165) is 19.3 Å². The predicted molar refractivity (Wildman–Crippen MR) is 116 cm³/mol. The number of thiocarbonyl (C=S) groups is 1. The Labute approximate surface area is 180 Å². The number of anilines is 1. The van der Waals surface area contributed by atoms with Gasteiger partial charge in [-0.1, -0.05) is 73.8 Å². The van der Waals surface area contributed by atoms with Gasteiger partial charge in [-0.15, -0.1) is 0 Å². The number of benzene rings is 1. The lowest BCUT2D eigenvalue weighted by atomic mass is 10.1. The summed E-state index contributed by atoms with van der Waals surface area (Å²) in [4.78, 5) is 12.1. The Bertz CT molecular complexity index is 597. The standard InChI is InChI=1S/C18H25Cl3FN3OS/c1-2-3-4-5-6-7-8-15(26)24-16(18(19,20)21)25-17(27)23-14-11-9-13(22)10-12-14/h9-12,16H,2-8H2,1H3,(H,24,26)(H2,23,25,27). The number of halogens is 4. The van der Waals surface area contributed by atoms with Crippen molar-refractivity contribution >= 4 is 63.7 Å². The maximum Gasteiger partial charge on any atom is 0.228 e. The summed E-state index contributed by atoms with van der Waals surface area (Å²) in [5.74, 6) is -0.584. The SMILES string of the molecule is CCCCCCCCC(=O)NC(NC(=S)Nc1ccc(F)cc1)C(Cl)(Cl)Cl. The molecule has 0 heterocycles. The van der Waals surface area contributed by atoms with Gasteiger partial charge in [-0.2, -0.15) is 0 Å². The van der Waals surface area contributed by atoms with Crippen molar-refractivity contribution in [3.05, 3.63) is 30.1 Å². The molecule has 27 heavy (non-hydrogen) atoms. The van der Waals surface area contributed by atoms with Crippen LogP contribution in [0.15, 0.2) is 24.3 Å². The van der Waals surface area contributed by atoms with Crippen LogP contribution in [0.25, 0.3) is 0 Å². The number of nitrogens with one attached hydrogen (secondary N) is 3. The molecule has 0 spiro atoms. The van der Waals surface area contributed by atoms with Gasteiger partial charge in [-0.05, 0) is 42.9 Å². The summed E-state index contributed by atoms with van der Waals surface area (Å²) in [7, 11) is 0. The van der Waals surface area contributed by atoms with Gasteiger partial charge in [0.2, 0.25) is 9.70 Å². The average Bonchev–Trinajstić information content (AvgIpc) is 2.58. The van der Waals surface area contributed by atoms with Crippen molar-refractivity contribution < 1.29 is 9.18 Å². The summed E-state index contributed by atoms with van der Waals surface area (Å²) in [6.07, 6.45) is 5.80. The van der Waals surface area contributed by atoms with E-state index in [4.69, 9.17) is 47.0 Å². The van der Waals surface area contributed by atoms with Crippen LogP contribution in [0.5, 0.6) is 0 Å². The van der Waals surface area contributed by atoms with Crippen LogP contribution in [0.1, 0.15) is 51.9 Å². The zero-order valence-electron chi connectivity index (χ0n) is 15.2. The quantitative estimate of drug-likeness (QED) is 0.184. The lowest BCUT2D eigenvalue weighted by Gasteiger charge is -2.27. The number of rotatable bonds is 10. The molecule has 0 radical (unpaired) electrons. The predicted octanol–water partition coefficient (Wildman–Crippen LogP) is 5.68. The van der Waals surface area contributed by atoms with Crippen molar-refractivity contribution in [2.24, 2.45) is 0 Å². The van der Waals surface area contributed by atoms with Crippen LogP contribution in [0.3, 0.4) is 0 Å². The summed E-state index contributed by atoms with van der Waals surface area (Å²) < 4.78 is 11.1. The lowest BCUT2D eigenvalue weighted by molar-refractivity contribution is -0.122. The van der Waals surface area contributed by atoms with Crippen molar-refractivity contribution in [1.29, 1.82) is 0 Å². The number of unbranched alkanes of at least 4 members (excludes halogenated alkanes) is 5.